The first kappa shape index (κ1) is 16.5. The fourth-order valence-electron chi connectivity index (χ4n) is 3.33. The number of fused-ring (bicyclic) bond motifs is 3. The Bertz CT molecular complexity index is 692. The predicted octanol–water partition coefficient (Wildman–Crippen LogP) is 4.61. The third kappa shape index (κ3) is 3.15. The maximum atomic E-state index is 6.01. The molecule has 2 nitrogen and oxygen atoms in total. The summed E-state index contributed by atoms with van der Waals surface area (Å²) in [7, 11) is 4.18. The molecule has 0 heterocycles. The molecular formula is C19H22Cl2N2. The van der Waals surface area contributed by atoms with Crippen LogP contribution >= 0.6 is 23.2 Å². The molecule has 4 heteroatoms. The average molecular weight is 349 g/mol. The molecule has 0 atom stereocenters. The normalized spacial score (nSPS) is 12.0. The fraction of sp³-hybridized carbons (Fsp3) is 0.368. The van der Waals surface area contributed by atoms with Crippen LogP contribution in [0, 0.1) is 0 Å². The van der Waals surface area contributed by atoms with Crippen molar-refractivity contribution >= 4 is 34.6 Å². The molecule has 0 aromatic heterocycles. The Morgan fingerprint density at radius 1 is 0.870 bits per heavy atom. The van der Waals surface area contributed by atoms with Crippen LogP contribution in [-0.4, -0.2) is 38.9 Å². The van der Waals surface area contributed by atoms with Crippen LogP contribution in [0.3, 0.4) is 0 Å². The molecule has 0 N–H and O–H groups in total. The molecule has 0 radical (unpaired) electrons. The SMILES string of the molecule is CN(C)c1cc2c(cc1N(CCCl)CCCl)-c1ccccc1C2. The number of hydrogen-bond donors (Lipinski definition) is 0. The number of nitrogens with zero attached hydrogens (tertiary/aromatic N) is 2. The minimum Gasteiger partial charge on any atom is -0.376 e. The van der Waals surface area contributed by atoms with Crippen LogP contribution in [0.5, 0.6) is 0 Å². The summed E-state index contributed by atoms with van der Waals surface area (Å²) in [6.07, 6.45) is 1.01. The number of anilines is 2. The topological polar surface area (TPSA) is 6.48 Å². The van der Waals surface area contributed by atoms with Crippen molar-refractivity contribution in [2.24, 2.45) is 0 Å². The van der Waals surface area contributed by atoms with Crippen LogP contribution in [0.4, 0.5) is 11.4 Å². The van der Waals surface area contributed by atoms with Gasteiger partial charge in [-0.3, -0.25) is 0 Å². The molecule has 0 aliphatic heterocycles. The number of halogens is 2. The molecule has 0 amide bonds. The largest absolute Gasteiger partial charge is 0.376 e. The second kappa shape index (κ2) is 7.02. The number of benzene rings is 2. The average Bonchev–Trinajstić information content (AvgIpc) is 2.91. The first-order valence-corrected chi connectivity index (χ1v) is 9.02. The van der Waals surface area contributed by atoms with E-state index in [0.29, 0.717) is 11.8 Å². The Hall–Kier alpha value is -1.38. The molecule has 0 fully saturated rings. The van der Waals surface area contributed by atoms with Crippen LogP contribution in [-0.2, 0) is 6.42 Å². The van der Waals surface area contributed by atoms with E-state index in [4.69, 9.17) is 23.2 Å². The van der Waals surface area contributed by atoms with Crippen LogP contribution in [0.1, 0.15) is 11.1 Å². The summed E-state index contributed by atoms with van der Waals surface area (Å²) in [5.41, 5.74) is 7.94. The smallest absolute Gasteiger partial charge is 0.0611 e. The fourth-order valence-corrected chi connectivity index (χ4v) is 3.74. The maximum Gasteiger partial charge on any atom is 0.0611 e. The Kier molecular flexibility index (Phi) is 5.03. The molecular weight excluding hydrogens is 327 g/mol. The summed E-state index contributed by atoms with van der Waals surface area (Å²) in [5, 5.41) is 0. The lowest BCUT2D eigenvalue weighted by Gasteiger charge is -2.29. The zero-order valence-corrected chi connectivity index (χ0v) is 15.2. The lowest BCUT2D eigenvalue weighted by atomic mass is 10.0. The summed E-state index contributed by atoms with van der Waals surface area (Å²) >= 11 is 12.0. The van der Waals surface area contributed by atoms with E-state index in [1.165, 1.54) is 33.6 Å². The summed E-state index contributed by atoms with van der Waals surface area (Å²) in [4.78, 5) is 4.46. The van der Waals surface area contributed by atoms with Crippen LogP contribution in [0.15, 0.2) is 36.4 Å². The van der Waals surface area contributed by atoms with Gasteiger partial charge in [-0.1, -0.05) is 24.3 Å². The summed E-state index contributed by atoms with van der Waals surface area (Å²) in [6, 6.07) is 13.3. The zero-order chi connectivity index (χ0) is 16.4. The Morgan fingerprint density at radius 2 is 1.57 bits per heavy atom. The van der Waals surface area contributed by atoms with E-state index in [2.05, 4.69) is 60.3 Å². The molecule has 23 heavy (non-hydrogen) atoms. The zero-order valence-electron chi connectivity index (χ0n) is 13.6. The van der Waals surface area contributed by atoms with Crippen molar-refractivity contribution in [3.8, 4) is 11.1 Å². The molecule has 3 rings (SSSR count). The van der Waals surface area contributed by atoms with E-state index in [-0.39, 0.29) is 0 Å². The highest BCUT2D eigenvalue weighted by molar-refractivity contribution is 6.18. The van der Waals surface area contributed by atoms with Gasteiger partial charge in [-0.15, -0.1) is 23.2 Å². The maximum absolute atomic E-state index is 6.01. The molecule has 1 aliphatic rings. The van der Waals surface area contributed by atoms with Crippen LogP contribution in [0.2, 0.25) is 0 Å². The summed E-state index contributed by atoms with van der Waals surface area (Å²) in [6.45, 7) is 1.60. The molecule has 2 aromatic rings. The summed E-state index contributed by atoms with van der Waals surface area (Å²) < 4.78 is 0. The number of alkyl halides is 2. The van der Waals surface area contributed by atoms with E-state index in [1.807, 2.05) is 0 Å². The van der Waals surface area contributed by atoms with E-state index in [0.717, 1.165) is 19.5 Å². The van der Waals surface area contributed by atoms with E-state index < -0.39 is 0 Å². The van der Waals surface area contributed by atoms with Gasteiger partial charge in [-0.25, -0.2) is 0 Å². The number of hydrogen-bond acceptors (Lipinski definition) is 2. The standard InChI is InChI=1S/C19H22Cl2N2/c1-22(2)18-12-15-11-14-5-3-4-6-16(14)17(15)13-19(18)23(9-7-20)10-8-21/h3-6,12-13H,7-11H2,1-2H3. The quantitative estimate of drug-likeness (QED) is 0.600. The van der Waals surface area contributed by atoms with Crippen molar-refractivity contribution in [1.82, 2.24) is 0 Å². The molecule has 0 saturated heterocycles. The van der Waals surface area contributed by atoms with Gasteiger partial charge in [-0.2, -0.15) is 0 Å². The molecule has 0 spiro atoms. The molecule has 0 bridgehead atoms. The van der Waals surface area contributed by atoms with Gasteiger partial charge in [0.15, 0.2) is 0 Å². The Balaban J connectivity index is 2.12. The van der Waals surface area contributed by atoms with Crippen molar-refractivity contribution in [1.29, 1.82) is 0 Å². The minimum absolute atomic E-state index is 0.595. The predicted molar refractivity (Wildman–Crippen MR) is 103 cm³/mol. The molecule has 2 aromatic carbocycles. The van der Waals surface area contributed by atoms with E-state index >= 15 is 0 Å². The first-order valence-electron chi connectivity index (χ1n) is 7.95. The van der Waals surface area contributed by atoms with Crippen molar-refractivity contribution in [3.63, 3.8) is 0 Å². The lowest BCUT2D eigenvalue weighted by Crippen LogP contribution is -2.29. The van der Waals surface area contributed by atoms with E-state index in [9.17, 15) is 0 Å². The Labute approximate surface area is 148 Å². The molecule has 0 saturated carbocycles. The van der Waals surface area contributed by atoms with Gasteiger partial charge < -0.3 is 9.80 Å². The van der Waals surface area contributed by atoms with Gasteiger partial charge >= 0.3 is 0 Å². The first-order chi connectivity index (χ1) is 11.2. The van der Waals surface area contributed by atoms with E-state index in [1.54, 1.807) is 0 Å². The third-order valence-electron chi connectivity index (χ3n) is 4.42. The highest BCUT2D eigenvalue weighted by Gasteiger charge is 2.22. The highest BCUT2D eigenvalue weighted by atomic mass is 35.5. The van der Waals surface area contributed by atoms with Gasteiger partial charge in [0.25, 0.3) is 0 Å². The van der Waals surface area contributed by atoms with Crippen molar-refractivity contribution < 1.29 is 0 Å². The van der Waals surface area contributed by atoms with Crippen molar-refractivity contribution in [3.05, 3.63) is 47.5 Å². The van der Waals surface area contributed by atoms with Gasteiger partial charge in [-0.05, 0) is 40.8 Å². The molecule has 1 aliphatic carbocycles. The second-order valence-corrected chi connectivity index (χ2v) is 6.85. The Morgan fingerprint density at radius 3 is 2.22 bits per heavy atom. The lowest BCUT2D eigenvalue weighted by molar-refractivity contribution is 0.870. The van der Waals surface area contributed by atoms with Crippen molar-refractivity contribution in [2.45, 2.75) is 6.42 Å². The number of rotatable bonds is 6. The van der Waals surface area contributed by atoms with Gasteiger partial charge in [0.05, 0.1) is 11.4 Å². The van der Waals surface area contributed by atoms with Gasteiger partial charge in [0.1, 0.15) is 0 Å². The van der Waals surface area contributed by atoms with Crippen LogP contribution in [0.25, 0.3) is 11.1 Å². The van der Waals surface area contributed by atoms with Gasteiger partial charge in [0, 0.05) is 38.9 Å². The van der Waals surface area contributed by atoms with Gasteiger partial charge in [0.2, 0.25) is 0 Å². The molecule has 0 unspecified atom stereocenters. The van der Waals surface area contributed by atoms with Crippen molar-refractivity contribution in [2.75, 3.05) is 48.7 Å². The molecule has 122 valence electrons. The second-order valence-electron chi connectivity index (χ2n) is 6.09. The third-order valence-corrected chi connectivity index (χ3v) is 4.76. The monoisotopic (exact) mass is 348 g/mol. The minimum atomic E-state index is 0.595. The summed E-state index contributed by atoms with van der Waals surface area (Å²) in [5.74, 6) is 1.19. The van der Waals surface area contributed by atoms with Crippen LogP contribution < -0.4 is 9.80 Å². The highest BCUT2D eigenvalue weighted by Crippen LogP contribution is 2.42.